The number of carbonyl (C=O) groups excluding carboxylic acids is 2. The van der Waals surface area contributed by atoms with Crippen molar-refractivity contribution in [2.24, 2.45) is 0 Å². The molecule has 6 nitrogen and oxygen atoms in total. The van der Waals surface area contributed by atoms with Gasteiger partial charge in [-0.1, -0.05) is 48.5 Å². The zero-order valence-electron chi connectivity index (χ0n) is 14.0. The second-order valence-electron chi connectivity index (χ2n) is 5.67. The maximum atomic E-state index is 11.9. The van der Waals surface area contributed by atoms with Crippen molar-refractivity contribution < 1.29 is 19.1 Å². The van der Waals surface area contributed by atoms with E-state index in [1.165, 1.54) is 29.4 Å². The molecule has 0 unspecified atom stereocenters. The van der Waals surface area contributed by atoms with Gasteiger partial charge in [0.15, 0.2) is 0 Å². The molecule has 0 spiro atoms. The number of nitrogens with one attached hydrogen (secondary N) is 2. The van der Waals surface area contributed by atoms with Crippen molar-refractivity contribution in [2.75, 3.05) is 26.8 Å². The number of ether oxygens (including phenoxy) is 2. The van der Waals surface area contributed by atoms with E-state index in [0.29, 0.717) is 0 Å². The van der Waals surface area contributed by atoms with Gasteiger partial charge in [0.05, 0.1) is 7.11 Å². The smallest absolute Gasteiger partial charge is 0.407 e. The molecule has 2 aromatic carbocycles. The topological polar surface area (TPSA) is 76.7 Å². The fourth-order valence-electron chi connectivity index (χ4n) is 3.05. The minimum Gasteiger partial charge on any atom is -0.453 e. The third kappa shape index (κ3) is 3.74. The maximum absolute atomic E-state index is 11.9. The molecule has 2 amide bonds. The number of hydrogen-bond acceptors (Lipinski definition) is 4. The number of alkyl carbamates (subject to hydrolysis) is 2. The molecule has 0 bridgehead atoms. The number of rotatable bonds is 5. The Kier molecular flexibility index (Phi) is 5.18. The lowest BCUT2D eigenvalue weighted by Crippen LogP contribution is -2.35. The number of hydrogen-bond donors (Lipinski definition) is 2. The van der Waals surface area contributed by atoms with Gasteiger partial charge in [-0.3, -0.25) is 0 Å². The zero-order chi connectivity index (χ0) is 17.6. The highest BCUT2D eigenvalue weighted by Crippen LogP contribution is 2.44. The minimum absolute atomic E-state index is 0.0337. The van der Waals surface area contributed by atoms with Crippen molar-refractivity contribution in [2.45, 2.75) is 5.92 Å². The minimum atomic E-state index is -0.533. The Balaban J connectivity index is 1.56. The SMILES string of the molecule is COC(=O)NCCNC(=O)OCC1c2ccccc2-c2ccccc21. The van der Waals surface area contributed by atoms with Crippen LogP contribution in [0.5, 0.6) is 0 Å². The average Bonchev–Trinajstić information content (AvgIpc) is 2.97. The molecule has 25 heavy (non-hydrogen) atoms. The Hall–Kier alpha value is -3.02. The highest BCUT2D eigenvalue weighted by Gasteiger charge is 2.28. The van der Waals surface area contributed by atoms with E-state index in [1.807, 2.05) is 24.3 Å². The summed E-state index contributed by atoms with van der Waals surface area (Å²) in [7, 11) is 1.29. The first-order chi connectivity index (χ1) is 12.2. The van der Waals surface area contributed by atoms with Crippen molar-refractivity contribution in [3.8, 4) is 11.1 Å². The first kappa shape index (κ1) is 16.8. The van der Waals surface area contributed by atoms with Crippen LogP contribution in [0.15, 0.2) is 48.5 Å². The van der Waals surface area contributed by atoms with Gasteiger partial charge >= 0.3 is 12.2 Å². The fourth-order valence-corrected chi connectivity index (χ4v) is 3.05. The van der Waals surface area contributed by atoms with Crippen molar-refractivity contribution >= 4 is 12.2 Å². The first-order valence-corrected chi connectivity index (χ1v) is 8.11. The summed E-state index contributed by atoms with van der Waals surface area (Å²) >= 11 is 0. The molecule has 1 aliphatic carbocycles. The third-order valence-electron chi connectivity index (χ3n) is 4.19. The van der Waals surface area contributed by atoms with Gasteiger partial charge in [0, 0.05) is 19.0 Å². The van der Waals surface area contributed by atoms with Gasteiger partial charge in [-0.2, -0.15) is 0 Å². The molecule has 2 aromatic rings. The van der Waals surface area contributed by atoms with Gasteiger partial charge in [0.25, 0.3) is 0 Å². The molecule has 3 rings (SSSR count). The van der Waals surface area contributed by atoms with E-state index in [0.717, 1.165) is 0 Å². The van der Waals surface area contributed by atoms with E-state index >= 15 is 0 Å². The van der Waals surface area contributed by atoms with Crippen LogP contribution in [0.1, 0.15) is 17.0 Å². The third-order valence-corrected chi connectivity index (χ3v) is 4.19. The Bertz CT molecular complexity index is 730. The van der Waals surface area contributed by atoms with E-state index in [9.17, 15) is 9.59 Å². The van der Waals surface area contributed by atoms with E-state index in [2.05, 4.69) is 39.6 Å². The summed E-state index contributed by atoms with van der Waals surface area (Å²) < 4.78 is 9.82. The van der Waals surface area contributed by atoms with Crippen molar-refractivity contribution in [3.63, 3.8) is 0 Å². The summed E-state index contributed by atoms with van der Waals surface area (Å²) in [6.07, 6.45) is -1.04. The molecular weight excluding hydrogens is 320 g/mol. The number of amides is 2. The highest BCUT2D eigenvalue weighted by atomic mass is 16.5. The van der Waals surface area contributed by atoms with Crippen LogP contribution in [0.2, 0.25) is 0 Å². The molecule has 0 aliphatic heterocycles. The Morgan fingerprint density at radius 2 is 1.40 bits per heavy atom. The summed E-state index contributed by atoms with van der Waals surface area (Å²) in [4.78, 5) is 22.8. The molecule has 0 saturated carbocycles. The lowest BCUT2D eigenvalue weighted by molar-refractivity contribution is 0.142. The van der Waals surface area contributed by atoms with Crippen molar-refractivity contribution in [3.05, 3.63) is 59.7 Å². The number of benzene rings is 2. The average molecular weight is 340 g/mol. The second kappa shape index (κ2) is 7.70. The molecule has 6 heteroatoms. The molecule has 2 N–H and O–H groups in total. The summed E-state index contributed by atoms with van der Waals surface area (Å²) in [6.45, 7) is 0.812. The Labute approximate surface area is 146 Å². The predicted octanol–water partition coefficient (Wildman–Crippen LogP) is 2.88. The first-order valence-electron chi connectivity index (χ1n) is 8.11. The quantitative estimate of drug-likeness (QED) is 0.821. The summed E-state index contributed by atoms with van der Waals surface area (Å²) in [5.74, 6) is 0.0337. The summed E-state index contributed by atoms with van der Waals surface area (Å²) in [5.41, 5.74) is 4.72. The summed E-state index contributed by atoms with van der Waals surface area (Å²) in [5, 5.41) is 5.08. The number of methoxy groups -OCH3 is 1. The van der Waals surface area contributed by atoms with Crippen LogP contribution in [-0.2, 0) is 9.47 Å². The normalized spacial score (nSPS) is 12.0. The molecule has 0 fully saturated rings. The lowest BCUT2D eigenvalue weighted by Gasteiger charge is -2.14. The van der Waals surface area contributed by atoms with Gasteiger partial charge in [-0.15, -0.1) is 0 Å². The van der Waals surface area contributed by atoms with Gasteiger partial charge in [-0.05, 0) is 22.3 Å². The molecule has 130 valence electrons. The van der Waals surface area contributed by atoms with E-state index in [4.69, 9.17) is 4.74 Å². The van der Waals surface area contributed by atoms with Crippen molar-refractivity contribution in [1.82, 2.24) is 10.6 Å². The molecule has 0 saturated heterocycles. The molecule has 0 heterocycles. The van der Waals surface area contributed by atoms with Crippen molar-refractivity contribution in [1.29, 1.82) is 0 Å². The van der Waals surface area contributed by atoms with Crippen LogP contribution in [0.3, 0.4) is 0 Å². The molecule has 0 radical (unpaired) electrons. The molecule has 0 atom stereocenters. The van der Waals surface area contributed by atoms with Crippen LogP contribution in [0.25, 0.3) is 11.1 Å². The van der Waals surface area contributed by atoms with Crippen LogP contribution in [0, 0.1) is 0 Å². The van der Waals surface area contributed by atoms with Crippen LogP contribution < -0.4 is 10.6 Å². The maximum Gasteiger partial charge on any atom is 0.407 e. The summed E-state index contributed by atoms with van der Waals surface area (Å²) in [6, 6.07) is 16.3. The monoisotopic (exact) mass is 340 g/mol. The fraction of sp³-hybridized carbons (Fsp3) is 0.263. The number of fused-ring (bicyclic) bond motifs is 3. The van der Waals surface area contributed by atoms with Gasteiger partial charge in [0.1, 0.15) is 6.61 Å². The lowest BCUT2D eigenvalue weighted by atomic mass is 9.98. The second-order valence-corrected chi connectivity index (χ2v) is 5.67. The van der Waals surface area contributed by atoms with E-state index < -0.39 is 12.2 Å². The van der Waals surface area contributed by atoms with Gasteiger partial charge in [0.2, 0.25) is 0 Å². The predicted molar refractivity (Wildman–Crippen MR) is 93.5 cm³/mol. The zero-order valence-corrected chi connectivity index (χ0v) is 14.0. The van der Waals surface area contributed by atoms with E-state index in [-0.39, 0.29) is 25.6 Å². The van der Waals surface area contributed by atoms with Crippen LogP contribution in [0.4, 0.5) is 9.59 Å². The largest absolute Gasteiger partial charge is 0.453 e. The number of carbonyl (C=O) groups is 2. The molecule has 0 aromatic heterocycles. The Morgan fingerprint density at radius 1 is 0.880 bits per heavy atom. The van der Waals surface area contributed by atoms with Crippen LogP contribution >= 0.6 is 0 Å². The molecular formula is C19H20N2O4. The van der Waals surface area contributed by atoms with Gasteiger partial charge in [-0.25, -0.2) is 9.59 Å². The molecule has 1 aliphatic rings. The van der Waals surface area contributed by atoms with Crippen LogP contribution in [-0.4, -0.2) is 39.0 Å². The van der Waals surface area contributed by atoms with Gasteiger partial charge < -0.3 is 20.1 Å². The highest BCUT2D eigenvalue weighted by molar-refractivity contribution is 5.79. The standard InChI is InChI=1S/C19H20N2O4/c1-24-18(22)20-10-11-21-19(23)25-12-17-15-8-4-2-6-13(15)14-7-3-5-9-16(14)17/h2-9,17H,10-12H2,1H3,(H,20,22)(H,21,23). The van der Waals surface area contributed by atoms with E-state index in [1.54, 1.807) is 0 Å². The Morgan fingerprint density at radius 3 is 1.96 bits per heavy atom.